The van der Waals surface area contributed by atoms with Crippen LogP contribution in [0.15, 0.2) is 47.4 Å². The average molecular weight is 400 g/mol. The van der Waals surface area contributed by atoms with Crippen molar-refractivity contribution in [2.45, 2.75) is 56.8 Å². The topological polar surface area (TPSA) is 86.7 Å². The van der Waals surface area contributed by atoms with Crippen LogP contribution in [0, 0.1) is 0 Å². The van der Waals surface area contributed by atoms with Crippen molar-refractivity contribution in [2.75, 3.05) is 0 Å². The van der Waals surface area contributed by atoms with Gasteiger partial charge in [-0.15, -0.1) is 0 Å². The smallest absolute Gasteiger partial charge is 0.870 e. The van der Waals surface area contributed by atoms with Crippen LogP contribution in [-0.4, -0.2) is 13.0 Å². The molecule has 0 radical (unpaired) electrons. The average Bonchev–Trinajstić information content (AvgIpc) is 2.59. The third-order valence-corrected chi connectivity index (χ3v) is 4.97. The third kappa shape index (κ3) is 8.23. The number of unbranched alkanes of at least 4 members (excludes halogenated alkanes) is 5. The Labute approximate surface area is 183 Å². The van der Waals surface area contributed by atoms with E-state index in [0.717, 1.165) is 24.8 Å². The first-order chi connectivity index (χ1) is 12.4. The molecule has 0 aliphatic carbocycles. The Morgan fingerprint density at radius 1 is 1.00 bits per heavy atom. The van der Waals surface area contributed by atoms with Crippen LogP contribution in [0.1, 0.15) is 51.0 Å². The van der Waals surface area contributed by atoms with E-state index in [4.69, 9.17) is 4.74 Å². The van der Waals surface area contributed by atoms with Crippen LogP contribution in [0.3, 0.4) is 0 Å². The maximum absolute atomic E-state index is 11.8. The molecular formula is C20H25NaO5S. The Balaban J connectivity index is 0.00000364. The molecule has 0 saturated carbocycles. The second-order valence-corrected chi connectivity index (χ2v) is 7.78. The van der Waals surface area contributed by atoms with E-state index in [9.17, 15) is 18.1 Å². The van der Waals surface area contributed by atoms with Crippen LogP contribution >= 0.6 is 0 Å². The quantitative estimate of drug-likeness (QED) is 0.373. The number of hydrogen-bond acceptors (Lipinski definition) is 4. The maximum Gasteiger partial charge on any atom is 1.00 e. The van der Waals surface area contributed by atoms with E-state index in [1.54, 1.807) is 18.2 Å². The van der Waals surface area contributed by atoms with Crippen molar-refractivity contribution in [3.05, 3.63) is 48.0 Å². The van der Waals surface area contributed by atoms with Gasteiger partial charge in [-0.05, 0) is 36.6 Å². The minimum Gasteiger partial charge on any atom is -0.870 e. The molecule has 0 bridgehead atoms. The maximum atomic E-state index is 11.8. The van der Waals surface area contributed by atoms with Gasteiger partial charge in [-0.3, -0.25) is 4.55 Å². The Hall–Kier alpha value is -1.05. The van der Waals surface area contributed by atoms with Gasteiger partial charge < -0.3 is 9.84 Å². The van der Waals surface area contributed by atoms with Crippen LogP contribution in [0.5, 0.6) is 17.2 Å². The van der Waals surface area contributed by atoms with Crippen LogP contribution in [0.4, 0.5) is 0 Å². The molecule has 27 heavy (non-hydrogen) atoms. The van der Waals surface area contributed by atoms with Gasteiger partial charge in [-0.1, -0.05) is 63.0 Å². The first kappa shape index (κ1) is 24.0. The standard InChI is InChI=1S/C20H26O5S.Na/c1-2-3-4-5-6-7-10-16-13-17(15-18(14-16)26(22,23)24)25-20-12-9-8-11-19(20)21;/h8-9,11-15,21H,2-7,10H2,1H3,(H,22,23,24);/q;+1/p-1. The molecular weight excluding hydrogens is 375 g/mol. The summed E-state index contributed by atoms with van der Waals surface area (Å²) < 4.78 is 38.0. The van der Waals surface area contributed by atoms with Crippen molar-refractivity contribution >= 4 is 10.1 Å². The van der Waals surface area contributed by atoms with Crippen molar-refractivity contribution in [2.24, 2.45) is 0 Å². The molecule has 1 N–H and O–H groups in total. The van der Waals surface area contributed by atoms with Crippen LogP contribution in [0.25, 0.3) is 0 Å². The van der Waals surface area contributed by atoms with Gasteiger partial charge in [0.1, 0.15) is 11.5 Å². The molecule has 0 atom stereocenters. The molecule has 0 aromatic heterocycles. The normalized spacial score (nSPS) is 11.0. The summed E-state index contributed by atoms with van der Waals surface area (Å²) in [6.07, 6.45) is 7.45. The molecule has 0 spiro atoms. The summed E-state index contributed by atoms with van der Waals surface area (Å²) >= 11 is 0. The predicted molar refractivity (Wildman–Crippen MR) is 99.3 cm³/mol. The summed E-state index contributed by atoms with van der Waals surface area (Å²) in [5.41, 5.74) is 0.758. The van der Waals surface area contributed by atoms with Gasteiger partial charge in [-0.25, -0.2) is 0 Å². The molecule has 0 unspecified atom stereocenters. The monoisotopic (exact) mass is 400 g/mol. The van der Waals surface area contributed by atoms with E-state index in [-0.39, 0.29) is 51.7 Å². The largest absolute Gasteiger partial charge is 1.00 e. The summed E-state index contributed by atoms with van der Waals surface area (Å²) in [6, 6.07) is 10.6. The second kappa shape index (κ2) is 11.7. The molecule has 2 rings (SSSR count). The van der Waals surface area contributed by atoms with Crippen molar-refractivity contribution in [1.29, 1.82) is 0 Å². The van der Waals surface area contributed by atoms with Crippen molar-refractivity contribution in [3.8, 4) is 17.2 Å². The molecule has 7 heteroatoms. The van der Waals surface area contributed by atoms with E-state index in [0.29, 0.717) is 6.42 Å². The summed E-state index contributed by atoms with van der Waals surface area (Å²) in [4.78, 5) is -0.223. The second-order valence-electron chi connectivity index (χ2n) is 6.35. The van der Waals surface area contributed by atoms with E-state index in [1.165, 1.54) is 43.5 Å². The summed E-state index contributed by atoms with van der Waals surface area (Å²) in [5, 5.41) is 11.8. The molecule has 0 aliphatic rings. The van der Waals surface area contributed by atoms with E-state index in [2.05, 4.69) is 6.92 Å². The Morgan fingerprint density at radius 3 is 2.33 bits per heavy atom. The van der Waals surface area contributed by atoms with Crippen LogP contribution in [0.2, 0.25) is 0 Å². The van der Waals surface area contributed by atoms with Crippen molar-refractivity contribution < 1.29 is 52.4 Å². The zero-order valence-electron chi connectivity index (χ0n) is 16.0. The third-order valence-electron chi connectivity index (χ3n) is 4.13. The first-order valence-corrected chi connectivity index (χ1v) is 10.4. The van der Waals surface area contributed by atoms with Gasteiger partial charge in [0.05, 0.1) is 4.90 Å². The molecule has 142 valence electrons. The summed E-state index contributed by atoms with van der Waals surface area (Å²) in [6.45, 7) is 2.17. The number of rotatable bonds is 10. The predicted octanol–water partition coefficient (Wildman–Crippen LogP) is 1.71. The van der Waals surface area contributed by atoms with Gasteiger partial charge in [-0.2, -0.15) is 8.42 Å². The molecule has 2 aromatic rings. The Bertz CT molecular complexity index is 821. The molecule has 0 saturated heterocycles. The van der Waals surface area contributed by atoms with Crippen molar-refractivity contribution in [1.82, 2.24) is 0 Å². The number of aryl methyl sites for hydroxylation is 1. The fraction of sp³-hybridized carbons (Fsp3) is 0.400. The van der Waals surface area contributed by atoms with E-state index < -0.39 is 10.1 Å². The zero-order valence-corrected chi connectivity index (χ0v) is 18.8. The minimum atomic E-state index is -4.35. The number of benzene rings is 2. The van der Waals surface area contributed by atoms with Gasteiger partial charge in [0.15, 0.2) is 0 Å². The molecule has 0 fully saturated rings. The number of hydrogen-bond donors (Lipinski definition) is 1. The SMILES string of the molecule is CCCCCCCCc1cc(Oc2ccccc2[O-])cc(S(=O)(=O)O)c1.[Na+]. The Kier molecular flexibility index (Phi) is 10.4. The van der Waals surface area contributed by atoms with E-state index >= 15 is 0 Å². The number of ether oxygens (including phenoxy) is 1. The summed E-state index contributed by atoms with van der Waals surface area (Å²) in [7, 11) is -4.35. The van der Waals surface area contributed by atoms with Crippen molar-refractivity contribution in [3.63, 3.8) is 0 Å². The molecule has 0 aliphatic heterocycles. The van der Waals surface area contributed by atoms with E-state index in [1.807, 2.05) is 0 Å². The van der Waals surface area contributed by atoms with Gasteiger partial charge in [0.2, 0.25) is 0 Å². The van der Waals surface area contributed by atoms with Crippen LogP contribution < -0.4 is 39.4 Å². The summed E-state index contributed by atoms with van der Waals surface area (Å²) in [5.74, 6) is 0.0529. The minimum absolute atomic E-state index is 0. The zero-order chi connectivity index (χ0) is 19.0. The molecule has 5 nitrogen and oxygen atoms in total. The van der Waals surface area contributed by atoms with Gasteiger partial charge in [0, 0.05) is 6.07 Å². The molecule has 0 amide bonds. The van der Waals surface area contributed by atoms with Crippen LogP contribution in [-0.2, 0) is 16.5 Å². The molecule has 2 aromatic carbocycles. The van der Waals surface area contributed by atoms with Gasteiger partial charge in [0.25, 0.3) is 10.1 Å². The first-order valence-electron chi connectivity index (χ1n) is 8.95. The Morgan fingerprint density at radius 2 is 1.67 bits per heavy atom. The number of para-hydroxylation sites is 2. The van der Waals surface area contributed by atoms with Gasteiger partial charge >= 0.3 is 29.6 Å². The fourth-order valence-corrected chi connectivity index (χ4v) is 3.32. The molecule has 0 heterocycles. The fourth-order valence-electron chi connectivity index (χ4n) is 2.75.